The van der Waals surface area contributed by atoms with Crippen molar-refractivity contribution < 1.29 is 0 Å². The van der Waals surface area contributed by atoms with Crippen molar-refractivity contribution in [2.75, 3.05) is 0 Å². The van der Waals surface area contributed by atoms with Gasteiger partial charge in [-0.15, -0.1) is 0 Å². The summed E-state index contributed by atoms with van der Waals surface area (Å²) in [6.45, 7) is 12.3. The van der Waals surface area contributed by atoms with Crippen LogP contribution in [-0.2, 0) is 6.42 Å². The van der Waals surface area contributed by atoms with Gasteiger partial charge in [-0.3, -0.25) is 0 Å². The van der Waals surface area contributed by atoms with Gasteiger partial charge >= 0.3 is 0 Å². The Hall–Kier alpha value is -1.82. The minimum Gasteiger partial charge on any atom is -0.0991 e. The molecule has 2 rings (SSSR count). The topological polar surface area (TPSA) is 0 Å². The molecule has 0 heteroatoms. The zero-order valence-electron chi connectivity index (χ0n) is 11.3. The summed E-state index contributed by atoms with van der Waals surface area (Å²) in [6.07, 6.45) is 8.15. The standard InChI is InChI=1S/C18H20/c1-5-6-7-16-9-10-17-12-13(2)8-11-18(17)15(4)14(16)3/h5-8,11-12H,1,4,9-10H2,2-3H3/b7-6-. The highest BCUT2D eigenvalue weighted by Crippen LogP contribution is 2.33. The first kappa shape index (κ1) is 12.6. The molecule has 0 atom stereocenters. The molecule has 0 fully saturated rings. The van der Waals surface area contributed by atoms with Crippen LogP contribution in [0.2, 0.25) is 0 Å². The largest absolute Gasteiger partial charge is 0.0991 e. The Labute approximate surface area is 110 Å². The molecule has 0 aromatic heterocycles. The molecule has 1 aromatic rings. The highest BCUT2D eigenvalue weighted by Gasteiger charge is 2.15. The summed E-state index contributed by atoms with van der Waals surface area (Å²) in [6, 6.07) is 6.66. The Morgan fingerprint density at radius 3 is 2.67 bits per heavy atom. The van der Waals surface area contributed by atoms with Crippen molar-refractivity contribution in [1.82, 2.24) is 0 Å². The Morgan fingerprint density at radius 1 is 1.17 bits per heavy atom. The molecule has 0 saturated heterocycles. The Kier molecular flexibility index (Phi) is 3.66. The number of allylic oxidation sites excluding steroid dienone is 6. The van der Waals surface area contributed by atoms with Crippen molar-refractivity contribution in [3.8, 4) is 0 Å². The molecule has 18 heavy (non-hydrogen) atoms. The average molecular weight is 236 g/mol. The van der Waals surface area contributed by atoms with Crippen molar-refractivity contribution in [2.24, 2.45) is 0 Å². The van der Waals surface area contributed by atoms with Crippen LogP contribution in [0.3, 0.4) is 0 Å². The van der Waals surface area contributed by atoms with E-state index in [9.17, 15) is 0 Å². The molecule has 0 bridgehead atoms. The highest BCUT2D eigenvalue weighted by molar-refractivity contribution is 5.81. The van der Waals surface area contributed by atoms with Crippen LogP contribution in [0.15, 0.2) is 60.7 Å². The fourth-order valence-corrected chi connectivity index (χ4v) is 2.47. The lowest BCUT2D eigenvalue weighted by molar-refractivity contribution is 0.963. The number of hydrogen-bond donors (Lipinski definition) is 0. The molecule has 0 radical (unpaired) electrons. The Bertz CT molecular complexity index is 553. The zero-order valence-corrected chi connectivity index (χ0v) is 11.3. The third-order valence-corrected chi connectivity index (χ3v) is 3.62. The number of rotatable bonds is 2. The molecule has 1 aliphatic carbocycles. The average Bonchev–Trinajstić information content (AvgIpc) is 2.47. The molecule has 0 aliphatic heterocycles. The van der Waals surface area contributed by atoms with Crippen LogP contribution >= 0.6 is 0 Å². The van der Waals surface area contributed by atoms with Gasteiger partial charge in [0.1, 0.15) is 0 Å². The minimum atomic E-state index is 1.08. The van der Waals surface area contributed by atoms with Crippen molar-refractivity contribution in [3.63, 3.8) is 0 Å². The number of fused-ring (bicyclic) bond motifs is 1. The van der Waals surface area contributed by atoms with Gasteiger partial charge < -0.3 is 0 Å². The fraction of sp³-hybridized carbons (Fsp3) is 0.222. The lowest BCUT2D eigenvalue weighted by Crippen LogP contribution is -1.91. The summed E-state index contributed by atoms with van der Waals surface area (Å²) in [5.41, 5.74) is 7.88. The molecule has 0 spiro atoms. The van der Waals surface area contributed by atoms with E-state index in [1.165, 1.54) is 27.8 Å². The van der Waals surface area contributed by atoms with Gasteiger partial charge in [0, 0.05) is 0 Å². The third kappa shape index (κ3) is 2.38. The van der Waals surface area contributed by atoms with Gasteiger partial charge in [-0.05, 0) is 54.5 Å². The lowest BCUT2D eigenvalue weighted by atomic mass is 9.95. The predicted octanol–water partition coefficient (Wildman–Crippen LogP) is 5.01. The first-order valence-electron chi connectivity index (χ1n) is 6.41. The van der Waals surface area contributed by atoms with E-state index in [4.69, 9.17) is 0 Å². The molecule has 0 saturated carbocycles. The summed E-state index contributed by atoms with van der Waals surface area (Å²) in [5.74, 6) is 0. The molecule has 1 aliphatic rings. The fourth-order valence-electron chi connectivity index (χ4n) is 2.47. The smallest absolute Gasteiger partial charge is 0.0155 e. The first-order chi connectivity index (χ1) is 8.63. The Balaban J connectivity index is 2.46. The van der Waals surface area contributed by atoms with E-state index in [1.807, 2.05) is 12.2 Å². The number of aryl methyl sites for hydroxylation is 2. The second-order valence-electron chi connectivity index (χ2n) is 4.88. The molecule has 0 heterocycles. The van der Waals surface area contributed by atoms with Gasteiger partial charge in [0.05, 0.1) is 0 Å². The summed E-state index contributed by atoms with van der Waals surface area (Å²) in [4.78, 5) is 0. The number of benzene rings is 1. The van der Waals surface area contributed by atoms with Crippen molar-refractivity contribution in [2.45, 2.75) is 26.7 Å². The van der Waals surface area contributed by atoms with Gasteiger partial charge in [-0.2, -0.15) is 0 Å². The first-order valence-corrected chi connectivity index (χ1v) is 6.41. The van der Waals surface area contributed by atoms with E-state index in [1.54, 1.807) is 0 Å². The van der Waals surface area contributed by atoms with E-state index >= 15 is 0 Å². The van der Waals surface area contributed by atoms with Crippen LogP contribution < -0.4 is 0 Å². The van der Waals surface area contributed by atoms with Crippen LogP contribution in [-0.4, -0.2) is 0 Å². The third-order valence-electron chi connectivity index (χ3n) is 3.62. The van der Waals surface area contributed by atoms with Crippen molar-refractivity contribution >= 4 is 5.57 Å². The highest BCUT2D eigenvalue weighted by atomic mass is 14.2. The molecule has 0 amide bonds. The van der Waals surface area contributed by atoms with Gasteiger partial charge in [-0.25, -0.2) is 0 Å². The minimum absolute atomic E-state index is 1.08. The molecular formula is C18H20. The van der Waals surface area contributed by atoms with E-state index in [2.05, 4.69) is 51.3 Å². The van der Waals surface area contributed by atoms with Crippen molar-refractivity contribution in [3.05, 3.63) is 77.4 Å². The molecule has 0 nitrogen and oxygen atoms in total. The van der Waals surface area contributed by atoms with Crippen LogP contribution in [0.1, 0.15) is 30.0 Å². The van der Waals surface area contributed by atoms with Gasteiger partial charge in [0.15, 0.2) is 0 Å². The second-order valence-corrected chi connectivity index (χ2v) is 4.88. The van der Waals surface area contributed by atoms with Gasteiger partial charge in [0.2, 0.25) is 0 Å². The van der Waals surface area contributed by atoms with E-state index < -0.39 is 0 Å². The van der Waals surface area contributed by atoms with Gasteiger partial charge in [0.25, 0.3) is 0 Å². The molecule has 1 aromatic carbocycles. The van der Waals surface area contributed by atoms with Crippen molar-refractivity contribution in [1.29, 1.82) is 0 Å². The molecular weight excluding hydrogens is 216 g/mol. The van der Waals surface area contributed by atoms with E-state index in [-0.39, 0.29) is 0 Å². The number of hydrogen-bond acceptors (Lipinski definition) is 0. The molecule has 92 valence electrons. The van der Waals surface area contributed by atoms with Crippen LogP contribution in [0, 0.1) is 6.92 Å². The van der Waals surface area contributed by atoms with Crippen LogP contribution in [0.25, 0.3) is 5.57 Å². The van der Waals surface area contributed by atoms with E-state index in [0.29, 0.717) is 0 Å². The summed E-state index contributed by atoms with van der Waals surface area (Å²) in [7, 11) is 0. The zero-order chi connectivity index (χ0) is 13.1. The summed E-state index contributed by atoms with van der Waals surface area (Å²) in [5, 5.41) is 0. The molecule has 0 unspecified atom stereocenters. The van der Waals surface area contributed by atoms with E-state index in [0.717, 1.165) is 18.4 Å². The maximum absolute atomic E-state index is 4.27. The quantitative estimate of drug-likeness (QED) is 0.633. The second kappa shape index (κ2) is 5.22. The SMILES string of the molecule is C=C/C=C\C1=C(C)C(=C)c2ccc(C)cc2CC1. The summed E-state index contributed by atoms with van der Waals surface area (Å²) >= 11 is 0. The maximum atomic E-state index is 4.27. The van der Waals surface area contributed by atoms with Crippen LogP contribution in [0.4, 0.5) is 0 Å². The van der Waals surface area contributed by atoms with Gasteiger partial charge in [-0.1, -0.05) is 55.1 Å². The normalized spacial score (nSPS) is 15.8. The predicted molar refractivity (Wildman–Crippen MR) is 80.6 cm³/mol. The maximum Gasteiger partial charge on any atom is -0.0155 e. The van der Waals surface area contributed by atoms with Crippen LogP contribution in [0.5, 0.6) is 0 Å². The summed E-state index contributed by atoms with van der Waals surface area (Å²) < 4.78 is 0. The molecule has 0 N–H and O–H groups in total. The monoisotopic (exact) mass is 236 g/mol. The lowest BCUT2D eigenvalue weighted by Gasteiger charge is -2.10. The Morgan fingerprint density at radius 2 is 1.94 bits per heavy atom.